The molecule has 4 rings (SSSR count). The van der Waals surface area contributed by atoms with E-state index in [2.05, 4.69) is 15.9 Å². The van der Waals surface area contributed by atoms with Crippen LogP contribution in [0.15, 0.2) is 53.0 Å². The van der Waals surface area contributed by atoms with E-state index in [1.165, 1.54) is 19.9 Å². The Labute approximate surface area is 216 Å². The summed E-state index contributed by atoms with van der Waals surface area (Å²) >= 11 is 3.11. The van der Waals surface area contributed by atoms with Crippen LogP contribution in [0, 0.1) is 0 Å². The zero-order valence-electron chi connectivity index (χ0n) is 20.0. The highest BCUT2D eigenvalue weighted by Crippen LogP contribution is 2.43. The van der Waals surface area contributed by atoms with Gasteiger partial charge in [0.1, 0.15) is 18.0 Å². The number of carbonyl (C=O) groups is 4. The first-order valence-electron chi connectivity index (χ1n) is 11.5. The second-order valence-corrected chi connectivity index (χ2v) is 9.51. The summed E-state index contributed by atoms with van der Waals surface area (Å²) in [4.78, 5) is 49.4. The molecule has 1 fully saturated rings. The van der Waals surface area contributed by atoms with Crippen LogP contribution >= 0.6 is 15.9 Å². The van der Waals surface area contributed by atoms with Gasteiger partial charge < -0.3 is 18.9 Å². The van der Waals surface area contributed by atoms with Crippen LogP contribution in [0.5, 0.6) is 5.75 Å². The summed E-state index contributed by atoms with van der Waals surface area (Å²) in [5, 5.41) is 0. The number of fused-ring (bicyclic) bond motifs is 1. The van der Waals surface area contributed by atoms with E-state index >= 15 is 0 Å². The maximum absolute atomic E-state index is 12.8. The molecule has 0 aromatic heterocycles. The van der Waals surface area contributed by atoms with Crippen molar-refractivity contribution in [2.24, 2.45) is 0 Å². The Morgan fingerprint density at radius 1 is 1.06 bits per heavy atom. The molecule has 4 atom stereocenters. The van der Waals surface area contributed by atoms with Crippen molar-refractivity contribution in [3.05, 3.63) is 75.3 Å². The molecule has 1 aliphatic carbocycles. The van der Waals surface area contributed by atoms with Crippen molar-refractivity contribution in [2.75, 3.05) is 0 Å². The molecule has 0 radical (unpaired) electrons. The molecule has 1 saturated heterocycles. The molecule has 1 heterocycles. The molecule has 0 saturated carbocycles. The van der Waals surface area contributed by atoms with Gasteiger partial charge >= 0.3 is 11.9 Å². The normalized spacial score (nSPS) is 23.5. The zero-order chi connectivity index (χ0) is 26.0. The molecular weight excluding hydrogens is 532 g/mol. The summed E-state index contributed by atoms with van der Waals surface area (Å²) in [7, 11) is 0. The summed E-state index contributed by atoms with van der Waals surface area (Å²) in [6.45, 7) is 4.64. The number of ketones is 2. The van der Waals surface area contributed by atoms with Gasteiger partial charge in [-0.05, 0) is 34.5 Å². The molecule has 36 heavy (non-hydrogen) atoms. The Balaban J connectivity index is 1.67. The molecule has 0 N–H and O–H groups in total. The van der Waals surface area contributed by atoms with E-state index in [-0.39, 0.29) is 27.8 Å². The standard InChI is InChI=1S/C27H25BrO8/c1-14-26(33-13-17-7-5-4-6-8-17)23(35-15(2)29)12-22(34-14)18-9-10-19-24(27(18)36-16(3)30)21(31)11-20(28)25(19)32/h4-11,14,22-23,26H,12-13H2,1-3H3/t14?,22-,23-,26-/m1/s1. The van der Waals surface area contributed by atoms with Crippen LogP contribution in [0.3, 0.4) is 0 Å². The van der Waals surface area contributed by atoms with Crippen LogP contribution < -0.4 is 4.74 Å². The van der Waals surface area contributed by atoms with Crippen LogP contribution in [-0.2, 0) is 30.4 Å². The molecule has 8 nitrogen and oxygen atoms in total. The molecule has 2 aliphatic rings. The second-order valence-electron chi connectivity index (χ2n) is 8.66. The molecule has 1 unspecified atom stereocenters. The van der Waals surface area contributed by atoms with Crippen molar-refractivity contribution in [3.63, 3.8) is 0 Å². The summed E-state index contributed by atoms with van der Waals surface area (Å²) in [5.41, 5.74) is 1.49. The predicted molar refractivity (Wildman–Crippen MR) is 132 cm³/mol. The number of halogens is 1. The Morgan fingerprint density at radius 3 is 2.44 bits per heavy atom. The Hall–Kier alpha value is -3.14. The van der Waals surface area contributed by atoms with E-state index in [4.69, 9.17) is 18.9 Å². The van der Waals surface area contributed by atoms with Crippen molar-refractivity contribution in [1.29, 1.82) is 0 Å². The first-order chi connectivity index (χ1) is 17.2. The molecule has 188 valence electrons. The largest absolute Gasteiger partial charge is 0.460 e. The van der Waals surface area contributed by atoms with E-state index in [0.717, 1.165) is 11.6 Å². The topological polar surface area (TPSA) is 105 Å². The van der Waals surface area contributed by atoms with Gasteiger partial charge in [0.2, 0.25) is 5.78 Å². The molecular formula is C27H25BrO8. The first-order valence-corrected chi connectivity index (χ1v) is 12.2. The number of hydrogen-bond donors (Lipinski definition) is 0. The van der Waals surface area contributed by atoms with Gasteiger partial charge in [0.05, 0.1) is 28.9 Å². The van der Waals surface area contributed by atoms with E-state index in [0.29, 0.717) is 12.2 Å². The molecule has 0 bridgehead atoms. The van der Waals surface area contributed by atoms with Crippen LogP contribution in [0.2, 0.25) is 0 Å². The number of benzene rings is 2. The number of allylic oxidation sites excluding steroid dienone is 2. The number of Topliss-reactive ketones (excluding diaryl/α,β-unsaturated/α-hetero) is 1. The van der Waals surface area contributed by atoms with Crippen molar-refractivity contribution in [1.82, 2.24) is 0 Å². The summed E-state index contributed by atoms with van der Waals surface area (Å²) in [6.07, 6.45) is -1.07. The lowest BCUT2D eigenvalue weighted by Gasteiger charge is -2.40. The van der Waals surface area contributed by atoms with Gasteiger partial charge in [-0.1, -0.05) is 36.4 Å². The fraction of sp³-hybridized carbons (Fsp3) is 0.333. The third kappa shape index (κ3) is 5.48. The van der Waals surface area contributed by atoms with E-state index in [1.807, 2.05) is 30.3 Å². The Morgan fingerprint density at radius 2 is 1.78 bits per heavy atom. The van der Waals surface area contributed by atoms with Gasteiger partial charge in [0.15, 0.2) is 5.78 Å². The predicted octanol–water partition coefficient (Wildman–Crippen LogP) is 4.64. The minimum atomic E-state index is -0.696. The monoisotopic (exact) mass is 556 g/mol. The summed E-state index contributed by atoms with van der Waals surface area (Å²) in [6, 6.07) is 12.7. The number of carbonyl (C=O) groups excluding carboxylic acids is 4. The van der Waals surface area contributed by atoms with Gasteiger partial charge in [-0.25, -0.2) is 0 Å². The summed E-state index contributed by atoms with van der Waals surface area (Å²) in [5.74, 6) is -2.02. The number of hydrogen-bond acceptors (Lipinski definition) is 8. The molecule has 1 aliphatic heterocycles. The SMILES string of the molecule is CC(=O)Oc1c([C@H]2C[C@@H](OC(C)=O)[C@H](OCc3ccccc3)C(C)O2)ccc2c1C(=O)C=C(Br)C2=O. The highest BCUT2D eigenvalue weighted by molar-refractivity contribution is 9.12. The Bertz CT molecular complexity index is 1240. The second kappa shape index (κ2) is 10.9. The van der Waals surface area contributed by atoms with Crippen LogP contribution in [0.4, 0.5) is 0 Å². The quantitative estimate of drug-likeness (QED) is 0.374. The maximum atomic E-state index is 12.8. The highest BCUT2D eigenvalue weighted by Gasteiger charge is 2.42. The van der Waals surface area contributed by atoms with Gasteiger partial charge in [0, 0.05) is 37.5 Å². The molecule has 2 aromatic carbocycles. The smallest absolute Gasteiger partial charge is 0.308 e. The van der Waals surface area contributed by atoms with Crippen molar-refractivity contribution < 1.29 is 38.1 Å². The third-order valence-corrected chi connectivity index (χ3v) is 6.59. The minimum absolute atomic E-state index is 0.00126. The van der Waals surface area contributed by atoms with Gasteiger partial charge in [-0.15, -0.1) is 0 Å². The Kier molecular flexibility index (Phi) is 7.82. The number of ether oxygens (including phenoxy) is 4. The van der Waals surface area contributed by atoms with Gasteiger partial charge in [0.25, 0.3) is 0 Å². The van der Waals surface area contributed by atoms with Crippen LogP contribution in [-0.4, -0.2) is 41.8 Å². The summed E-state index contributed by atoms with van der Waals surface area (Å²) < 4.78 is 23.6. The van der Waals surface area contributed by atoms with Gasteiger partial charge in [-0.2, -0.15) is 0 Å². The molecule has 2 aromatic rings. The average Bonchev–Trinajstić information content (AvgIpc) is 2.81. The molecule has 0 spiro atoms. The highest BCUT2D eigenvalue weighted by atomic mass is 79.9. The minimum Gasteiger partial charge on any atom is -0.460 e. The lowest BCUT2D eigenvalue weighted by Crippen LogP contribution is -2.47. The van der Waals surface area contributed by atoms with Crippen LogP contribution in [0.25, 0.3) is 0 Å². The van der Waals surface area contributed by atoms with E-state index < -0.39 is 47.9 Å². The lowest BCUT2D eigenvalue weighted by atomic mass is 9.87. The lowest BCUT2D eigenvalue weighted by molar-refractivity contribution is -0.204. The van der Waals surface area contributed by atoms with E-state index in [1.54, 1.807) is 13.0 Å². The van der Waals surface area contributed by atoms with Crippen molar-refractivity contribution >= 4 is 39.4 Å². The average molecular weight is 557 g/mol. The zero-order valence-corrected chi connectivity index (χ0v) is 21.6. The van der Waals surface area contributed by atoms with Crippen molar-refractivity contribution in [3.8, 4) is 5.75 Å². The third-order valence-electron chi connectivity index (χ3n) is 6.00. The fourth-order valence-electron chi connectivity index (χ4n) is 4.50. The number of rotatable bonds is 6. The van der Waals surface area contributed by atoms with Crippen molar-refractivity contribution in [2.45, 2.75) is 58.2 Å². The number of esters is 2. The maximum Gasteiger partial charge on any atom is 0.308 e. The van der Waals surface area contributed by atoms with E-state index in [9.17, 15) is 19.2 Å². The van der Waals surface area contributed by atoms with Crippen LogP contribution in [0.1, 0.15) is 65.1 Å². The molecule has 9 heteroatoms. The first kappa shape index (κ1) is 25.9. The fourth-order valence-corrected chi connectivity index (χ4v) is 4.92. The van der Waals surface area contributed by atoms with Gasteiger partial charge in [-0.3, -0.25) is 19.2 Å². The molecule has 0 amide bonds.